The molecule has 10 heteroatoms. The van der Waals surface area contributed by atoms with Gasteiger partial charge in [-0.2, -0.15) is 0 Å². The minimum absolute atomic E-state index is 0.237. The molecule has 5 rings (SSSR count). The molecule has 1 N–H and O–H groups in total. The number of likely N-dealkylation sites (tertiary alicyclic amines) is 1. The predicted octanol–water partition coefficient (Wildman–Crippen LogP) is 3.49. The maximum absolute atomic E-state index is 14.1. The van der Waals surface area contributed by atoms with Crippen LogP contribution < -0.4 is 0 Å². The Morgan fingerprint density at radius 2 is 1.87 bits per heavy atom. The predicted molar refractivity (Wildman–Crippen MR) is 135 cm³/mol. The number of pyridine rings is 1. The Kier molecular flexibility index (Phi) is 6.97. The number of piperidine rings is 1. The molecule has 2 aliphatic heterocycles. The summed E-state index contributed by atoms with van der Waals surface area (Å²) in [6.45, 7) is 5.69. The molecular formula is C28H31F2N5O3. The quantitative estimate of drug-likeness (QED) is 0.529. The van der Waals surface area contributed by atoms with Gasteiger partial charge in [0.15, 0.2) is 17.5 Å². The van der Waals surface area contributed by atoms with Crippen LogP contribution in [0.15, 0.2) is 49.1 Å². The first-order valence-corrected chi connectivity index (χ1v) is 12.6. The smallest absolute Gasteiger partial charge is 0.254 e. The Labute approximate surface area is 220 Å². The molecule has 4 heterocycles. The van der Waals surface area contributed by atoms with E-state index in [2.05, 4.69) is 19.9 Å². The van der Waals surface area contributed by atoms with Crippen LogP contribution in [-0.2, 0) is 28.3 Å². The molecule has 2 aliphatic rings. The van der Waals surface area contributed by atoms with Crippen molar-refractivity contribution in [2.45, 2.75) is 57.1 Å². The van der Waals surface area contributed by atoms with Gasteiger partial charge < -0.3 is 14.7 Å². The van der Waals surface area contributed by atoms with Crippen molar-refractivity contribution in [3.63, 3.8) is 0 Å². The number of rotatable bonds is 6. The maximum atomic E-state index is 14.1. The minimum atomic E-state index is -1.67. The molecule has 1 fully saturated rings. The second-order valence-electron chi connectivity index (χ2n) is 10.6. The third-order valence-electron chi connectivity index (χ3n) is 7.44. The fourth-order valence-corrected chi connectivity index (χ4v) is 5.36. The van der Waals surface area contributed by atoms with Crippen LogP contribution in [-0.4, -0.2) is 61.5 Å². The standard InChI is InChI=1S/C28H31F2N5O3/c1-27(2,37)26(36)34(3)24(19-4-5-22(29)23(30)12-19)25-32-13-18(14-33-25)16-35-10-7-28(8-11-35)21-15-31-9-6-20(21)17-38-28/h4-6,9,12-15,24,37H,7-8,10-11,16-17H2,1-3H3. The lowest BCUT2D eigenvalue weighted by Crippen LogP contribution is -2.45. The molecule has 1 spiro atoms. The van der Waals surface area contributed by atoms with Crippen LogP contribution in [0.1, 0.15) is 60.8 Å². The number of benzene rings is 1. The molecule has 0 saturated carbocycles. The molecule has 1 amide bonds. The minimum Gasteiger partial charge on any atom is -0.381 e. The number of ether oxygens (including phenoxy) is 1. The number of hydrogen-bond acceptors (Lipinski definition) is 7. The van der Waals surface area contributed by atoms with Gasteiger partial charge in [-0.05, 0) is 56.0 Å². The number of aliphatic hydroxyl groups is 1. The topological polar surface area (TPSA) is 91.7 Å². The van der Waals surface area contributed by atoms with Crippen LogP contribution in [0.4, 0.5) is 8.78 Å². The third kappa shape index (κ3) is 5.03. The Morgan fingerprint density at radius 1 is 1.16 bits per heavy atom. The van der Waals surface area contributed by atoms with Crippen LogP contribution in [0.2, 0.25) is 0 Å². The lowest BCUT2D eigenvalue weighted by molar-refractivity contribution is -0.148. The van der Waals surface area contributed by atoms with Gasteiger partial charge in [-0.3, -0.25) is 14.7 Å². The summed E-state index contributed by atoms with van der Waals surface area (Å²) >= 11 is 0. The van der Waals surface area contributed by atoms with E-state index < -0.39 is 29.2 Å². The summed E-state index contributed by atoms with van der Waals surface area (Å²) in [6, 6.07) is 4.52. The van der Waals surface area contributed by atoms with E-state index in [1.807, 2.05) is 12.3 Å². The zero-order valence-electron chi connectivity index (χ0n) is 21.7. The number of carbonyl (C=O) groups excluding carboxylic acids is 1. The lowest BCUT2D eigenvalue weighted by Gasteiger charge is -2.39. The molecule has 1 saturated heterocycles. The van der Waals surface area contributed by atoms with Crippen LogP contribution in [0, 0.1) is 11.6 Å². The van der Waals surface area contributed by atoms with Crippen molar-refractivity contribution < 1.29 is 23.4 Å². The van der Waals surface area contributed by atoms with Gasteiger partial charge in [-0.1, -0.05) is 6.07 Å². The van der Waals surface area contributed by atoms with Crippen molar-refractivity contribution in [1.29, 1.82) is 0 Å². The van der Waals surface area contributed by atoms with E-state index in [1.54, 1.807) is 18.6 Å². The van der Waals surface area contributed by atoms with E-state index in [-0.39, 0.29) is 11.4 Å². The average Bonchev–Trinajstić information content (AvgIpc) is 3.25. The lowest BCUT2D eigenvalue weighted by atomic mass is 9.84. The number of fused-ring (bicyclic) bond motifs is 2. The number of nitrogens with zero attached hydrogens (tertiary/aromatic N) is 5. The number of aromatic nitrogens is 3. The summed E-state index contributed by atoms with van der Waals surface area (Å²) in [6.07, 6.45) is 8.84. The van der Waals surface area contributed by atoms with E-state index in [1.165, 1.54) is 43.0 Å². The highest BCUT2D eigenvalue weighted by Crippen LogP contribution is 2.43. The van der Waals surface area contributed by atoms with Gasteiger partial charge >= 0.3 is 0 Å². The van der Waals surface area contributed by atoms with Crippen molar-refractivity contribution in [3.8, 4) is 0 Å². The SMILES string of the molecule is CN(C(=O)C(C)(C)O)C(c1ccc(F)c(F)c1)c1ncc(CN2CCC3(CC2)OCc2ccncc23)cn1. The van der Waals surface area contributed by atoms with E-state index in [9.17, 15) is 18.7 Å². The van der Waals surface area contributed by atoms with E-state index >= 15 is 0 Å². The first-order valence-electron chi connectivity index (χ1n) is 12.6. The number of likely N-dealkylation sites (N-methyl/N-ethyl adjacent to an activating group) is 1. The highest BCUT2D eigenvalue weighted by molar-refractivity contribution is 5.84. The summed E-state index contributed by atoms with van der Waals surface area (Å²) in [5.41, 5.74) is 1.65. The first kappa shape index (κ1) is 26.3. The fourth-order valence-electron chi connectivity index (χ4n) is 5.36. The molecule has 1 aromatic carbocycles. The molecular weight excluding hydrogens is 492 g/mol. The van der Waals surface area contributed by atoms with Crippen LogP contribution >= 0.6 is 0 Å². The van der Waals surface area contributed by atoms with Gasteiger partial charge in [0, 0.05) is 62.6 Å². The summed E-state index contributed by atoms with van der Waals surface area (Å²) < 4.78 is 33.9. The zero-order chi connectivity index (χ0) is 27.1. The van der Waals surface area contributed by atoms with Gasteiger partial charge in [0.25, 0.3) is 5.91 Å². The molecule has 0 aliphatic carbocycles. The first-order chi connectivity index (χ1) is 18.1. The highest BCUT2D eigenvalue weighted by atomic mass is 19.2. The summed E-state index contributed by atoms with van der Waals surface area (Å²) in [7, 11) is 1.48. The van der Waals surface area contributed by atoms with E-state index in [0.717, 1.165) is 43.6 Å². The van der Waals surface area contributed by atoms with Gasteiger partial charge in [0.1, 0.15) is 11.6 Å². The second kappa shape index (κ2) is 10.1. The average molecular weight is 524 g/mol. The van der Waals surface area contributed by atoms with E-state index in [4.69, 9.17) is 4.74 Å². The normalized spacial score (nSPS) is 17.8. The molecule has 0 radical (unpaired) electrons. The van der Waals surface area contributed by atoms with Gasteiger partial charge in [-0.25, -0.2) is 18.7 Å². The Balaban J connectivity index is 1.31. The molecule has 2 aromatic heterocycles. The second-order valence-corrected chi connectivity index (χ2v) is 10.6. The Bertz CT molecular complexity index is 1320. The highest BCUT2D eigenvalue weighted by Gasteiger charge is 2.42. The monoisotopic (exact) mass is 523 g/mol. The van der Waals surface area contributed by atoms with Gasteiger partial charge in [-0.15, -0.1) is 0 Å². The largest absolute Gasteiger partial charge is 0.381 e. The molecule has 0 bridgehead atoms. The van der Waals surface area contributed by atoms with Crippen molar-refractivity contribution in [2.24, 2.45) is 0 Å². The number of hydrogen-bond donors (Lipinski definition) is 1. The Morgan fingerprint density at radius 3 is 2.53 bits per heavy atom. The van der Waals surface area contributed by atoms with Crippen molar-refractivity contribution in [3.05, 3.63) is 88.8 Å². The number of halogens is 2. The molecule has 38 heavy (non-hydrogen) atoms. The Hall–Kier alpha value is -3.34. The number of amides is 1. The summed E-state index contributed by atoms with van der Waals surface area (Å²) in [4.78, 5) is 29.7. The van der Waals surface area contributed by atoms with Crippen LogP contribution in [0.5, 0.6) is 0 Å². The van der Waals surface area contributed by atoms with Crippen LogP contribution in [0.25, 0.3) is 0 Å². The summed E-state index contributed by atoms with van der Waals surface area (Å²) in [5, 5.41) is 10.3. The van der Waals surface area contributed by atoms with Crippen molar-refractivity contribution in [2.75, 3.05) is 20.1 Å². The molecule has 3 aromatic rings. The van der Waals surface area contributed by atoms with Gasteiger partial charge in [0.05, 0.1) is 12.2 Å². The molecule has 200 valence electrons. The van der Waals surface area contributed by atoms with Crippen LogP contribution in [0.3, 0.4) is 0 Å². The zero-order valence-corrected chi connectivity index (χ0v) is 21.7. The van der Waals surface area contributed by atoms with Gasteiger partial charge in [0.2, 0.25) is 0 Å². The molecule has 8 nitrogen and oxygen atoms in total. The van der Waals surface area contributed by atoms with E-state index in [0.29, 0.717) is 18.7 Å². The fraction of sp³-hybridized carbons (Fsp3) is 0.429. The van der Waals surface area contributed by atoms with Crippen molar-refractivity contribution >= 4 is 5.91 Å². The third-order valence-corrected chi connectivity index (χ3v) is 7.44. The summed E-state index contributed by atoms with van der Waals surface area (Å²) in [5.74, 6) is -2.40. The molecule has 1 unspecified atom stereocenters. The molecule has 1 atom stereocenters. The maximum Gasteiger partial charge on any atom is 0.254 e. The number of carbonyl (C=O) groups is 1. The van der Waals surface area contributed by atoms with Crippen molar-refractivity contribution in [1.82, 2.24) is 24.8 Å².